The van der Waals surface area contributed by atoms with Crippen molar-refractivity contribution < 1.29 is 14.5 Å². The number of methoxy groups -OCH3 is 1. The zero-order valence-electron chi connectivity index (χ0n) is 8.14. The first-order chi connectivity index (χ1) is 7.54. The molecule has 7 nitrogen and oxygen atoms in total. The van der Waals surface area contributed by atoms with Crippen molar-refractivity contribution in [2.75, 3.05) is 7.11 Å². The predicted molar refractivity (Wildman–Crippen MR) is 52.6 cm³/mol. The van der Waals surface area contributed by atoms with Crippen LogP contribution in [-0.4, -0.2) is 23.0 Å². The number of rotatable bonds is 1. The summed E-state index contributed by atoms with van der Waals surface area (Å²) in [5.74, 6) is 3.36. The standard InChI is InChI=1S/C9H6N2O5/c1-16-8(12)3-2-6-4-7(11(14)15)5-10-9(6)13/h4-5H,1H3,(H,10,13). The lowest BCUT2D eigenvalue weighted by molar-refractivity contribution is -0.385. The van der Waals surface area contributed by atoms with Gasteiger partial charge < -0.3 is 9.72 Å². The van der Waals surface area contributed by atoms with Crippen LogP contribution in [0.2, 0.25) is 0 Å². The Kier molecular flexibility index (Phi) is 3.40. The Morgan fingerprint density at radius 1 is 1.62 bits per heavy atom. The topological polar surface area (TPSA) is 102 Å². The Morgan fingerprint density at radius 2 is 2.31 bits per heavy atom. The van der Waals surface area contributed by atoms with E-state index in [1.807, 2.05) is 5.92 Å². The number of esters is 1. The van der Waals surface area contributed by atoms with Crippen LogP contribution in [0, 0.1) is 22.0 Å². The molecular weight excluding hydrogens is 216 g/mol. The molecule has 0 saturated carbocycles. The van der Waals surface area contributed by atoms with Crippen LogP contribution in [-0.2, 0) is 9.53 Å². The number of ether oxygens (including phenoxy) is 1. The molecule has 0 aliphatic carbocycles. The number of nitrogens with one attached hydrogen (secondary N) is 1. The first kappa shape index (κ1) is 11.5. The molecule has 16 heavy (non-hydrogen) atoms. The molecule has 7 heteroatoms. The lowest BCUT2D eigenvalue weighted by Gasteiger charge is -1.91. The normalized spacial score (nSPS) is 8.81. The highest BCUT2D eigenvalue weighted by Crippen LogP contribution is 2.06. The Balaban J connectivity index is 3.16. The van der Waals surface area contributed by atoms with E-state index in [-0.39, 0.29) is 11.3 Å². The van der Waals surface area contributed by atoms with Gasteiger partial charge in [0.15, 0.2) is 0 Å². The number of carbonyl (C=O) groups is 1. The molecule has 0 spiro atoms. The molecule has 0 unspecified atom stereocenters. The van der Waals surface area contributed by atoms with E-state index in [9.17, 15) is 19.7 Å². The number of carbonyl (C=O) groups excluding carboxylic acids is 1. The molecule has 1 aromatic rings. The fourth-order valence-corrected chi connectivity index (χ4v) is 0.840. The van der Waals surface area contributed by atoms with E-state index in [1.54, 1.807) is 0 Å². The Morgan fingerprint density at radius 3 is 2.88 bits per heavy atom. The summed E-state index contributed by atoms with van der Waals surface area (Å²) >= 11 is 0. The molecule has 0 saturated heterocycles. The summed E-state index contributed by atoms with van der Waals surface area (Å²) in [4.78, 5) is 33.7. The number of nitro groups is 1. The van der Waals surface area contributed by atoms with Gasteiger partial charge in [0.2, 0.25) is 0 Å². The average Bonchev–Trinajstić information content (AvgIpc) is 2.27. The van der Waals surface area contributed by atoms with E-state index >= 15 is 0 Å². The van der Waals surface area contributed by atoms with Crippen molar-refractivity contribution >= 4 is 11.7 Å². The van der Waals surface area contributed by atoms with Crippen molar-refractivity contribution in [2.45, 2.75) is 0 Å². The lowest BCUT2D eigenvalue weighted by Crippen LogP contribution is -2.10. The first-order valence-corrected chi connectivity index (χ1v) is 4.01. The van der Waals surface area contributed by atoms with E-state index < -0.39 is 16.5 Å². The summed E-state index contributed by atoms with van der Waals surface area (Å²) in [7, 11) is 1.13. The second-order valence-corrected chi connectivity index (χ2v) is 2.60. The fourth-order valence-electron chi connectivity index (χ4n) is 0.840. The van der Waals surface area contributed by atoms with Gasteiger partial charge in [0.05, 0.1) is 23.8 Å². The summed E-state index contributed by atoms with van der Waals surface area (Å²) in [5.41, 5.74) is -1.09. The monoisotopic (exact) mass is 222 g/mol. The average molecular weight is 222 g/mol. The molecule has 0 fully saturated rings. The van der Waals surface area contributed by atoms with Crippen LogP contribution >= 0.6 is 0 Å². The van der Waals surface area contributed by atoms with Crippen LogP contribution in [0.15, 0.2) is 17.1 Å². The number of hydrogen-bond acceptors (Lipinski definition) is 5. The van der Waals surface area contributed by atoms with Gasteiger partial charge in [-0.25, -0.2) is 4.79 Å². The molecule has 0 atom stereocenters. The minimum Gasteiger partial charge on any atom is -0.459 e. The highest BCUT2D eigenvalue weighted by molar-refractivity contribution is 5.88. The van der Waals surface area contributed by atoms with Gasteiger partial charge in [-0.1, -0.05) is 0 Å². The van der Waals surface area contributed by atoms with Gasteiger partial charge in [-0.2, -0.15) is 0 Å². The third kappa shape index (κ3) is 2.68. The van der Waals surface area contributed by atoms with Crippen LogP contribution < -0.4 is 5.56 Å². The largest absolute Gasteiger partial charge is 0.459 e. The number of aromatic nitrogens is 1. The zero-order chi connectivity index (χ0) is 12.1. The van der Waals surface area contributed by atoms with E-state index in [0.717, 1.165) is 19.4 Å². The summed E-state index contributed by atoms with van der Waals surface area (Å²) in [6.45, 7) is 0. The highest BCUT2D eigenvalue weighted by Gasteiger charge is 2.07. The highest BCUT2D eigenvalue weighted by atomic mass is 16.6. The summed E-state index contributed by atoms with van der Waals surface area (Å²) in [5, 5.41) is 10.4. The minimum absolute atomic E-state index is 0.167. The SMILES string of the molecule is COC(=O)C#Cc1cc([N+](=O)[O-])c[nH]c1=O. The van der Waals surface area contributed by atoms with Crippen LogP contribution in [0.3, 0.4) is 0 Å². The molecule has 1 heterocycles. The fraction of sp³-hybridized carbons (Fsp3) is 0.111. The number of nitrogens with zero attached hydrogens (tertiary/aromatic N) is 1. The second kappa shape index (κ2) is 4.75. The molecule has 0 radical (unpaired) electrons. The smallest absolute Gasteiger partial charge is 0.384 e. The number of H-pyrrole nitrogens is 1. The van der Waals surface area contributed by atoms with Crippen molar-refractivity contribution in [2.24, 2.45) is 0 Å². The van der Waals surface area contributed by atoms with Gasteiger partial charge >= 0.3 is 5.97 Å². The maximum Gasteiger partial charge on any atom is 0.384 e. The van der Waals surface area contributed by atoms with Crippen molar-refractivity contribution in [1.82, 2.24) is 4.98 Å². The number of hydrogen-bond donors (Lipinski definition) is 1. The van der Waals surface area contributed by atoms with Crippen molar-refractivity contribution in [1.29, 1.82) is 0 Å². The minimum atomic E-state index is -0.828. The Hall–Kier alpha value is -2.62. The van der Waals surface area contributed by atoms with E-state index in [1.165, 1.54) is 0 Å². The van der Waals surface area contributed by atoms with Crippen LogP contribution in [0.25, 0.3) is 0 Å². The van der Waals surface area contributed by atoms with E-state index in [4.69, 9.17) is 0 Å². The molecule has 82 valence electrons. The second-order valence-electron chi connectivity index (χ2n) is 2.60. The van der Waals surface area contributed by atoms with Gasteiger partial charge in [-0.15, -0.1) is 0 Å². The van der Waals surface area contributed by atoms with Crippen molar-refractivity contribution in [3.05, 3.63) is 38.3 Å². The van der Waals surface area contributed by atoms with Crippen LogP contribution in [0.5, 0.6) is 0 Å². The van der Waals surface area contributed by atoms with Crippen molar-refractivity contribution in [3.63, 3.8) is 0 Å². The van der Waals surface area contributed by atoms with Gasteiger partial charge in [0, 0.05) is 12.0 Å². The number of aromatic amines is 1. The van der Waals surface area contributed by atoms with Gasteiger partial charge in [0.1, 0.15) is 0 Å². The maximum absolute atomic E-state index is 11.2. The predicted octanol–water partition coefficient (Wildman–Crippen LogP) is -0.192. The molecular formula is C9H6N2O5. The molecule has 1 N–H and O–H groups in total. The molecule has 1 aromatic heterocycles. The quantitative estimate of drug-likeness (QED) is 0.307. The third-order valence-electron chi connectivity index (χ3n) is 1.58. The first-order valence-electron chi connectivity index (χ1n) is 4.01. The van der Waals surface area contributed by atoms with Crippen LogP contribution in [0.4, 0.5) is 5.69 Å². The van der Waals surface area contributed by atoms with E-state index in [2.05, 4.69) is 15.6 Å². The molecule has 0 aromatic carbocycles. The Bertz CT molecular complexity index is 549. The van der Waals surface area contributed by atoms with Crippen molar-refractivity contribution in [3.8, 4) is 11.8 Å². The molecule has 0 aliphatic heterocycles. The molecule has 0 aliphatic rings. The zero-order valence-corrected chi connectivity index (χ0v) is 8.14. The summed E-state index contributed by atoms with van der Waals surface area (Å²) in [6.07, 6.45) is 0.950. The van der Waals surface area contributed by atoms with Gasteiger partial charge in [-0.3, -0.25) is 14.9 Å². The molecule has 0 bridgehead atoms. The summed E-state index contributed by atoms with van der Waals surface area (Å²) in [6, 6.07) is 0.981. The molecule has 1 rings (SSSR count). The van der Waals surface area contributed by atoms with Crippen LogP contribution in [0.1, 0.15) is 5.56 Å². The third-order valence-corrected chi connectivity index (χ3v) is 1.58. The van der Waals surface area contributed by atoms with E-state index in [0.29, 0.717) is 0 Å². The van der Waals surface area contributed by atoms with Gasteiger partial charge in [0.25, 0.3) is 11.2 Å². The Labute approximate surface area is 89.2 Å². The molecule has 0 amide bonds. The van der Waals surface area contributed by atoms with Gasteiger partial charge in [-0.05, 0) is 5.92 Å². The lowest BCUT2D eigenvalue weighted by atomic mass is 10.2. The number of pyridine rings is 1. The maximum atomic E-state index is 11.2. The summed E-state index contributed by atoms with van der Waals surface area (Å²) < 4.78 is 4.23.